The Bertz CT molecular complexity index is 2090. The molecule has 248 valence electrons. The molecule has 0 unspecified atom stereocenters. The smallest absolute Gasteiger partial charge is 0.352 e. The maximum absolute atomic E-state index is 13.3. The Labute approximate surface area is 295 Å². The lowest BCUT2D eigenvalue weighted by molar-refractivity contribution is -0.132. The summed E-state index contributed by atoms with van der Waals surface area (Å²) in [5.41, 5.74) is 2.41. The van der Waals surface area contributed by atoms with Crippen molar-refractivity contribution in [2.24, 2.45) is 0 Å². The number of phenols is 1. The van der Waals surface area contributed by atoms with Crippen LogP contribution < -0.4 is 10.6 Å². The summed E-state index contributed by atoms with van der Waals surface area (Å²) in [5.74, 6) is -2.36. The van der Waals surface area contributed by atoms with Crippen molar-refractivity contribution < 1.29 is 24.6 Å². The average Bonchev–Trinajstić information content (AvgIpc) is 3.60. The van der Waals surface area contributed by atoms with Crippen LogP contribution in [0.2, 0.25) is 0 Å². The van der Waals surface area contributed by atoms with Crippen LogP contribution in [-0.2, 0) is 16.9 Å². The number of rotatable bonds is 11. The summed E-state index contributed by atoms with van der Waals surface area (Å²) in [5, 5.41) is 29.7. The molecule has 0 saturated heterocycles. The first-order valence-electron chi connectivity index (χ1n) is 15.5. The third-order valence-electron chi connectivity index (χ3n) is 8.02. The molecule has 1 heterocycles. The van der Waals surface area contributed by atoms with Crippen LogP contribution in [0.15, 0.2) is 150 Å². The molecule has 6 rings (SSSR count). The number of hydrogen-bond acceptors (Lipinski definition) is 6. The van der Waals surface area contributed by atoms with Crippen molar-refractivity contribution in [2.45, 2.75) is 12.1 Å². The number of carboxylic acid groups (broad SMARTS) is 1. The van der Waals surface area contributed by atoms with E-state index in [9.17, 15) is 24.6 Å². The van der Waals surface area contributed by atoms with E-state index in [1.165, 1.54) is 30.3 Å². The van der Waals surface area contributed by atoms with Gasteiger partial charge in [-0.05, 0) is 68.5 Å². The third kappa shape index (κ3) is 7.08. The Morgan fingerprint density at radius 3 is 1.90 bits per heavy atom. The van der Waals surface area contributed by atoms with Gasteiger partial charge in [0.15, 0.2) is 5.82 Å². The molecular formula is C39H30BrN5O5. The van der Waals surface area contributed by atoms with Crippen LogP contribution >= 0.6 is 15.9 Å². The number of aromatic nitrogens is 3. The lowest BCUT2D eigenvalue weighted by Crippen LogP contribution is -2.38. The maximum atomic E-state index is 13.3. The van der Waals surface area contributed by atoms with Crippen molar-refractivity contribution in [1.82, 2.24) is 25.4 Å². The van der Waals surface area contributed by atoms with E-state index >= 15 is 0 Å². The zero-order valence-corrected chi connectivity index (χ0v) is 28.0. The molecule has 0 spiro atoms. The lowest BCUT2D eigenvalue weighted by atomic mass is 9.77. The van der Waals surface area contributed by atoms with Crippen molar-refractivity contribution in [3.63, 3.8) is 0 Å². The van der Waals surface area contributed by atoms with Gasteiger partial charge in [0.1, 0.15) is 23.3 Å². The fourth-order valence-electron chi connectivity index (χ4n) is 5.70. The number of carbonyl (C=O) groups is 3. The highest BCUT2D eigenvalue weighted by Crippen LogP contribution is 2.40. The van der Waals surface area contributed by atoms with E-state index in [2.05, 4.69) is 31.5 Å². The minimum atomic E-state index is -1.39. The van der Waals surface area contributed by atoms with Crippen LogP contribution in [0.5, 0.6) is 5.75 Å². The molecule has 50 heavy (non-hydrogen) atoms. The quantitative estimate of drug-likeness (QED) is 0.0896. The third-order valence-corrected chi connectivity index (χ3v) is 8.68. The van der Waals surface area contributed by atoms with Gasteiger partial charge in [-0.25, -0.2) is 14.5 Å². The van der Waals surface area contributed by atoms with Gasteiger partial charge in [-0.1, -0.05) is 103 Å². The number of hydrogen-bond donors (Lipinski definition) is 4. The van der Waals surface area contributed by atoms with Gasteiger partial charge < -0.3 is 20.8 Å². The summed E-state index contributed by atoms with van der Waals surface area (Å²) < 4.78 is 1.98. The van der Waals surface area contributed by atoms with Gasteiger partial charge >= 0.3 is 5.97 Å². The Hall–Kier alpha value is -6.33. The molecule has 0 bridgehead atoms. The topological polar surface area (TPSA) is 146 Å². The summed E-state index contributed by atoms with van der Waals surface area (Å²) in [6.07, 6.45) is 2.74. The monoisotopic (exact) mass is 727 g/mol. The van der Waals surface area contributed by atoms with Crippen LogP contribution in [0, 0.1) is 0 Å². The molecule has 6 aromatic rings. The van der Waals surface area contributed by atoms with Crippen LogP contribution in [0.25, 0.3) is 6.08 Å². The summed E-state index contributed by atoms with van der Waals surface area (Å²) in [6, 6.07) is 40.3. The molecule has 0 aliphatic carbocycles. The summed E-state index contributed by atoms with van der Waals surface area (Å²) in [4.78, 5) is 42.8. The SMILES string of the molecule is O=C(O)/C(=C/c1ncn(C(c2ccccc2)(c2ccccc2)c2ccccc2)n1)NC(=O)c1ccc(C(=O)NCc2cccc(O)c2)cc1Br. The molecule has 0 fully saturated rings. The van der Waals surface area contributed by atoms with Gasteiger partial charge in [-0.15, -0.1) is 5.10 Å². The van der Waals surface area contributed by atoms with Gasteiger partial charge in [0.2, 0.25) is 0 Å². The van der Waals surface area contributed by atoms with E-state index in [-0.39, 0.29) is 33.7 Å². The van der Waals surface area contributed by atoms with E-state index < -0.39 is 29.0 Å². The molecule has 0 aliphatic heterocycles. The molecule has 1 aromatic heterocycles. The van der Waals surface area contributed by atoms with E-state index in [0.717, 1.165) is 16.7 Å². The zero-order chi connectivity index (χ0) is 35.1. The molecule has 0 radical (unpaired) electrons. The molecule has 5 aromatic carbocycles. The highest BCUT2D eigenvalue weighted by atomic mass is 79.9. The molecule has 0 atom stereocenters. The number of aromatic hydroxyl groups is 1. The number of nitrogens with one attached hydrogen (secondary N) is 2. The molecule has 11 heteroatoms. The first-order valence-corrected chi connectivity index (χ1v) is 16.3. The van der Waals surface area contributed by atoms with Gasteiger partial charge in [0, 0.05) is 22.7 Å². The first-order chi connectivity index (χ1) is 24.3. The predicted molar refractivity (Wildman–Crippen MR) is 191 cm³/mol. The summed E-state index contributed by atoms with van der Waals surface area (Å²) in [6.45, 7) is 0.187. The van der Waals surface area contributed by atoms with Crippen molar-refractivity contribution in [1.29, 1.82) is 0 Å². The summed E-state index contributed by atoms with van der Waals surface area (Å²) in [7, 11) is 0. The Kier molecular flexibility index (Phi) is 9.96. The number of carbonyl (C=O) groups excluding carboxylic acids is 2. The average molecular weight is 729 g/mol. The molecular weight excluding hydrogens is 698 g/mol. The number of halogens is 1. The first kappa shape index (κ1) is 33.6. The summed E-state index contributed by atoms with van der Waals surface area (Å²) >= 11 is 3.34. The van der Waals surface area contributed by atoms with Crippen LogP contribution in [-0.4, -0.2) is 42.8 Å². The molecule has 10 nitrogen and oxygen atoms in total. The Morgan fingerprint density at radius 1 is 0.760 bits per heavy atom. The van der Waals surface area contributed by atoms with E-state index in [4.69, 9.17) is 5.10 Å². The van der Waals surface area contributed by atoms with Crippen LogP contribution in [0.4, 0.5) is 0 Å². The number of carboxylic acids is 1. The molecule has 0 aliphatic rings. The van der Waals surface area contributed by atoms with Crippen LogP contribution in [0.1, 0.15) is 48.8 Å². The highest BCUT2D eigenvalue weighted by Gasteiger charge is 2.39. The number of aliphatic carboxylic acids is 1. The number of phenolic OH excluding ortho intramolecular Hbond substituents is 1. The van der Waals surface area contributed by atoms with Crippen molar-refractivity contribution in [3.8, 4) is 5.75 Å². The Morgan fingerprint density at radius 2 is 1.36 bits per heavy atom. The van der Waals surface area contributed by atoms with Gasteiger partial charge in [0.25, 0.3) is 11.8 Å². The number of amides is 2. The van der Waals surface area contributed by atoms with E-state index in [1.54, 1.807) is 29.2 Å². The zero-order valence-electron chi connectivity index (χ0n) is 26.4. The standard InChI is InChI=1S/C39H30BrN5O5/c40-33-22-27(36(47)41-24-26-11-10-18-31(46)21-26)19-20-32(33)37(48)43-34(38(49)50)23-35-42-25-45(44-35)39(28-12-4-1-5-13-28,29-14-6-2-7-15-29)30-16-8-3-9-17-30/h1-23,25,46H,24H2,(H,41,47)(H,43,48)(H,49,50)/b34-23-. The molecule has 2 amide bonds. The van der Waals surface area contributed by atoms with Crippen molar-refractivity contribution >= 4 is 39.8 Å². The second kappa shape index (κ2) is 14.8. The minimum absolute atomic E-state index is 0.0627. The van der Waals surface area contributed by atoms with Gasteiger partial charge in [-0.2, -0.15) is 0 Å². The highest BCUT2D eigenvalue weighted by molar-refractivity contribution is 9.10. The molecule has 0 saturated carbocycles. The Balaban J connectivity index is 1.28. The van der Waals surface area contributed by atoms with E-state index in [1.807, 2.05) is 91.0 Å². The van der Waals surface area contributed by atoms with Crippen molar-refractivity contribution in [2.75, 3.05) is 0 Å². The second-order valence-corrected chi connectivity index (χ2v) is 12.1. The van der Waals surface area contributed by atoms with Crippen LogP contribution in [0.3, 0.4) is 0 Å². The second-order valence-electron chi connectivity index (χ2n) is 11.2. The number of benzene rings is 5. The maximum Gasteiger partial charge on any atom is 0.352 e. The largest absolute Gasteiger partial charge is 0.508 e. The van der Waals surface area contributed by atoms with Gasteiger partial charge in [-0.3, -0.25) is 9.59 Å². The lowest BCUT2D eigenvalue weighted by Gasteiger charge is -2.35. The van der Waals surface area contributed by atoms with E-state index in [0.29, 0.717) is 5.56 Å². The minimum Gasteiger partial charge on any atom is -0.508 e. The fraction of sp³-hybridized carbons (Fsp3) is 0.0513. The normalized spacial score (nSPS) is 11.5. The number of nitrogens with zero attached hydrogens (tertiary/aromatic N) is 3. The molecule has 4 N–H and O–H groups in total. The van der Waals surface area contributed by atoms with Gasteiger partial charge in [0.05, 0.1) is 5.56 Å². The predicted octanol–water partition coefficient (Wildman–Crippen LogP) is 6.37. The van der Waals surface area contributed by atoms with Crippen molar-refractivity contribution in [3.05, 3.63) is 189 Å². The fourth-order valence-corrected chi connectivity index (χ4v) is 6.26.